The number of carbonyl (C=O) groups is 1. The fourth-order valence-electron chi connectivity index (χ4n) is 3.20. The molecule has 19 heavy (non-hydrogen) atoms. The first-order valence-corrected chi connectivity index (χ1v) is 7.74. The van der Waals surface area contributed by atoms with Gasteiger partial charge in [-0.1, -0.05) is 13.8 Å². The minimum Gasteiger partial charge on any atom is -0.388 e. The van der Waals surface area contributed by atoms with Crippen LogP contribution in [0.2, 0.25) is 0 Å². The highest BCUT2D eigenvalue weighted by Gasteiger charge is 2.32. The highest BCUT2D eigenvalue weighted by Crippen LogP contribution is 2.31. The number of carbonyl (C=O) groups excluding carboxylic acids is 1. The summed E-state index contributed by atoms with van der Waals surface area (Å²) in [5.74, 6) is 1.30. The molecule has 0 aromatic carbocycles. The van der Waals surface area contributed by atoms with E-state index in [0.717, 1.165) is 45.2 Å². The number of urea groups is 1. The Hall–Kier alpha value is -0.770. The number of rotatable bonds is 2. The second-order valence-corrected chi connectivity index (χ2v) is 6.76. The van der Waals surface area contributed by atoms with Crippen molar-refractivity contribution in [1.29, 1.82) is 0 Å². The first-order valence-electron chi connectivity index (χ1n) is 7.74. The minimum absolute atomic E-state index is 0.00130. The van der Waals surface area contributed by atoms with E-state index in [-0.39, 0.29) is 6.03 Å². The van der Waals surface area contributed by atoms with Gasteiger partial charge in [0.2, 0.25) is 0 Å². The lowest BCUT2D eigenvalue weighted by molar-refractivity contribution is -0.00500. The molecule has 1 atom stereocenters. The summed E-state index contributed by atoms with van der Waals surface area (Å²) in [6.07, 6.45) is 6.05. The molecule has 0 spiro atoms. The SMILES string of the molecule is CC1CCC(O)(CNC(=O)N2CCCC(C)C2)CC1. The summed E-state index contributed by atoms with van der Waals surface area (Å²) in [5, 5.41) is 13.4. The predicted octanol–water partition coefficient (Wildman–Crippen LogP) is 2.37. The molecular formula is C15H28N2O2. The normalized spacial score (nSPS) is 36.1. The summed E-state index contributed by atoms with van der Waals surface area (Å²) >= 11 is 0. The Balaban J connectivity index is 1.76. The molecule has 1 aliphatic heterocycles. The van der Waals surface area contributed by atoms with E-state index in [9.17, 15) is 9.90 Å². The molecule has 2 amide bonds. The van der Waals surface area contributed by atoms with Crippen molar-refractivity contribution in [3.63, 3.8) is 0 Å². The van der Waals surface area contributed by atoms with Crippen molar-refractivity contribution >= 4 is 6.03 Å². The fraction of sp³-hybridized carbons (Fsp3) is 0.933. The van der Waals surface area contributed by atoms with Crippen LogP contribution in [0.3, 0.4) is 0 Å². The zero-order valence-corrected chi connectivity index (χ0v) is 12.3. The third kappa shape index (κ3) is 4.10. The van der Waals surface area contributed by atoms with Crippen LogP contribution in [0.5, 0.6) is 0 Å². The Morgan fingerprint density at radius 3 is 2.58 bits per heavy atom. The lowest BCUT2D eigenvalue weighted by Gasteiger charge is -2.36. The van der Waals surface area contributed by atoms with Crippen LogP contribution < -0.4 is 5.32 Å². The molecule has 110 valence electrons. The van der Waals surface area contributed by atoms with E-state index < -0.39 is 5.60 Å². The van der Waals surface area contributed by atoms with Crippen LogP contribution in [0.1, 0.15) is 52.4 Å². The highest BCUT2D eigenvalue weighted by atomic mass is 16.3. The van der Waals surface area contributed by atoms with Crippen LogP contribution in [-0.2, 0) is 0 Å². The standard InChI is InChI=1S/C15H28N2O2/c1-12-5-7-15(19,8-6-12)11-16-14(18)17-9-3-4-13(2)10-17/h12-13,19H,3-11H2,1-2H3,(H,16,18). The van der Waals surface area contributed by atoms with Gasteiger partial charge in [0.1, 0.15) is 0 Å². The van der Waals surface area contributed by atoms with Crippen LogP contribution in [0.15, 0.2) is 0 Å². The minimum atomic E-state index is -0.677. The van der Waals surface area contributed by atoms with Crippen molar-refractivity contribution < 1.29 is 9.90 Å². The van der Waals surface area contributed by atoms with Crippen LogP contribution in [0, 0.1) is 11.8 Å². The molecule has 2 N–H and O–H groups in total. The highest BCUT2D eigenvalue weighted by molar-refractivity contribution is 5.74. The maximum absolute atomic E-state index is 12.1. The third-order valence-corrected chi connectivity index (χ3v) is 4.72. The van der Waals surface area contributed by atoms with Gasteiger partial charge in [-0.15, -0.1) is 0 Å². The molecule has 0 radical (unpaired) electrons. The van der Waals surface area contributed by atoms with Gasteiger partial charge in [0.15, 0.2) is 0 Å². The zero-order valence-electron chi connectivity index (χ0n) is 12.3. The van der Waals surface area contributed by atoms with Gasteiger partial charge < -0.3 is 15.3 Å². The summed E-state index contributed by atoms with van der Waals surface area (Å²) in [5.41, 5.74) is -0.677. The van der Waals surface area contributed by atoms with Crippen LogP contribution in [-0.4, -0.2) is 41.3 Å². The first-order chi connectivity index (χ1) is 8.98. The van der Waals surface area contributed by atoms with Gasteiger partial charge in [0, 0.05) is 19.6 Å². The number of nitrogens with zero attached hydrogens (tertiary/aromatic N) is 1. The van der Waals surface area contributed by atoms with Gasteiger partial charge in [-0.2, -0.15) is 0 Å². The van der Waals surface area contributed by atoms with Crippen LogP contribution >= 0.6 is 0 Å². The summed E-state index contributed by atoms with van der Waals surface area (Å²) in [6.45, 7) is 6.53. The smallest absolute Gasteiger partial charge is 0.317 e. The lowest BCUT2D eigenvalue weighted by atomic mass is 9.79. The molecular weight excluding hydrogens is 240 g/mol. The molecule has 1 unspecified atom stereocenters. The van der Waals surface area contributed by atoms with Gasteiger partial charge in [-0.05, 0) is 50.4 Å². The molecule has 4 heteroatoms. The molecule has 1 saturated heterocycles. The number of hydrogen-bond acceptors (Lipinski definition) is 2. The molecule has 4 nitrogen and oxygen atoms in total. The quantitative estimate of drug-likeness (QED) is 0.808. The Kier molecular flexibility index (Phi) is 4.71. The number of hydrogen-bond donors (Lipinski definition) is 2. The van der Waals surface area contributed by atoms with Gasteiger partial charge >= 0.3 is 6.03 Å². The Bertz CT molecular complexity index is 311. The molecule has 1 heterocycles. The molecule has 0 bridgehead atoms. The largest absolute Gasteiger partial charge is 0.388 e. The molecule has 2 rings (SSSR count). The predicted molar refractivity (Wildman–Crippen MR) is 76.0 cm³/mol. The lowest BCUT2D eigenvalue weighted by Crippen LogP contribution is -2.51. The van der Waals surface area contributed by atoms with Crippen molar-refractivity contribution in [2.75, 3.05) is 19.6 Å². The Morgan fingerprint density at radius 2 is 1.95 bits per heavy atom. The van der Waals surface area contributed by atoms with E-state index in [1.165, 1.54) is 6.42 Å². The molecule has 1 saturated carbocycles. The zero-order chi connectivity index (χ0) is 13.9. The van der Waals surface area contributed by atoms with Crippen LogP contribution in [0.4, 0.5) is 4.79 Å². The van der Waals surface area contributed by atoms with E-state index in [1.54, 1.807) is 0 Å². The topological polar surface area (TPSA) is 52.6 Å². The maximum atomic E-state index is 12.1. The monoisotopic (exact) mass is 268 g/mol. The summed E-state index contributed by atoms with van der Waals surface area (Å²) in [6, 6.07) is -0.00130. The summed E-state index contributed by atoms with van der Waals surface area (Å²) in [7, 11) is 0. The second-order valence-electron chi connectivity index (χ2n) is 6.76. The van der Waals surface area contributed by atoms with Gasteiger partial charge in [0.05, 0.1) is 5.60 Å². The first kappa shape index (κ1) is 14.6. The van der Waals surface area contributed by atoms with E-state index in [4.69, 9.17) is 0 Å². The van der Waals surface area contributed by atoms with Crippen LogP contribution in [0.25, 0.3) is 0 Å². The summed E-state index contributed by atoms with van der Waals surface area (Å²) in [4.78, 5) is 14.0. The average molecular weight is 268 g/mol. The molecule has 1 aliphatic carbocycles. The van der Waals surface area contributed by atoms with Gasteiger partial charge in [-0.3, -0.25) is 0 Å². The molecule has 0 aromatic heterocycles. The van der Waals surface area contributed by atoms with E-state index >= 15 is 0 Å². The van der Waals surface area contributed by atoms with Crippen molar-refractivity contribution in [2.24, 2.45) is 11.8 Å². The number of piperidine rings is 1. The fourth-order valence-corrected chi connectivity index (χ4v) is 3.20. The van der Waals surface area contributed by atoms with Crippen molar-refractivity contribution in [3.8, 4) is 0 Å². The van der Waals surface area contributed by atoms with E-state index in [0.29, 0.717) is 18.4 Å². The van der Waals surface area contributed by atoms with E-state index in [1.807, 2.05) is 4.90 Å². The number of likely N-dealkylation sites (tertiary alicyclic amines) is 1. The number of amides is 2. The van der Waals surface area contributed by atoms with Gasteiger partial charge in [-0.25, -0.2) is 4.79 Å². The van der Waals surface area contributed by atoms with Crippen molar-refractivity contribution in [2.45, 2.75) is 58.0 Å². The second kappa shape index (κ2) is 6.12. The molecule has 2 fully saturated rings. The maximum Gasteiger partial charge on any atom is 0.317 e. The number of nitrogens with one attached hydrogen (secondary N) is 1. The van der Waals surface area contributed by atoms with Crippen molar-refractivity contribution in [1.82, 2.24) is 10.2 Å². The third-order valence-electron chi connectivity index (χ3n) is 4.72. The Morgan fingerprint density at radius 1 is 1.26 bits per heavy atom. The van der Waals surface area contributed by atoms with Crippen molar-refractivity contribution in [3.05, 3.63) is 0 Å². The van der Waals surface area contributed by atoms with Gasteiger partial charge in [0.25, 0.3) is 0 Å². The Labute approximate surface area is 116 Å². The summed E-state index contributed by atoms with van der Waals surface area (Å²) < 4.78 is 0. The average Bonchev–Trinajstić information content (AvgIpc) is 2.40. The van der Waals surface area contributed by atoms with E-state index in [2.05, 4.69) is 19.2 Å². The number of aliphatic hydroxyl groups is 1. The molecule has 0 aromatic rings. The molecule has 2 aliphatic rings.